The average Bonchev–Trinajstić information content (AvgIpc) is 2.75. The lowest BCUT2D eigenvalue weighted by atomic mass is 9.84. The van der Waals surface area contributed by atoms with Crippen molar-refractivity contribution in [1.29, 1.82) is 0 Å². The van der Waals surface area contributed by atoms with Gasteiger partial charge >= 0.3 is 0 Å². The number of aliphatic hydroxyl groups is 1. The molecule has 0 aromatic carbocycles. The van der Waals surface area contributed by atoms with Crippen molar-refractivity contribution < 1.29 is 13.5 Å². The molecule has 0 saturated heterocycles. The monoisotopic (exact) mass is 339 g/mol. The first kappa shape index (κ1) is 17.9. The Hall–Kier alpha value is -0.140. The van der Waals surface area contributed by atoms with E-state index in [1.165, 1.54) is 6.07 Å². The number of halogens is 1. The number of rotatable bonds is 7. The van der Waals surface area contributed by atoms with Crippen molar-refractivity contribution >= 4 is 33.0 Å². The summed E-state index contributed by atoms with van der Waals surface area (Å²) in [7, 11) is -3.66. The highest BCUT2D eigenvalue weighted by atomic mass is 35.5. The molecular formula is C13H22ClNO3S2. The van der Waals surface area contributed by atoms with Crippen LogP contribution in [-0.2, 0) is 10.0 Å². The third-order valence-corrected chi connectivity index (χ3v) is 6.54. The third-order valence-electron chi connectivity index (χ3n) is 3.38. The Balaban J connectivity index is 3.06. The molecule has 0 amide bonds. The van der Waals surface area contributed by atoms with Crippen LogP contribution >= 0.6 is 22.9 Å². The van der Waals surface area contributed by atoms with E-state index < -0.39 is 21.7 Å². The molecule has 0 radical (unpaired) electrons. The molecule has 0 aliphatic carbocycles. The predicted molar refractivity (Wildman–Crippen MR) is 83.8 cm³/mol. The summed E-state index contributed by atoms with van der Waals surface area (Å²) in [5.41, 5.74) is -1.13. The van der Waals surface area contributed by atoms with E-state index in [1.54, 1.807) is 19.9 Å². The van der Waals surface area contributed by atoms with Gasteiger partial charge < -0.3 is 5.11 Å². The van der Waals surface area contributed by atoms with Gasteiger partial charge in [0.15, 0.2) is 0 Å². The van der Waals surface area contributed by atoms with Gasteiger partial charge in [-0.25, -0.2) is 13.1 Å². The van der Waals surface area contributed by atoms with Crippen molar-refractivity contribution in [3.05, 3.63) is 16.5 Å². The lowest BCUT2D eigenvalue weighted by Gasteiger charge is -2.35. The third kappa shape index (κ3) is 4.43. The van der Waals surface area contributed by atoms with Gasteiger partial charge in [0.2, 0.25) is 10.0 Å². The van der Waals surface area contributed by atoms with E-state index in [0.29, 0.717) is 4.34 Å². The molecule has 0 bridgehead atoms. The van der Waals surface area contributed by atoms with Crippen LogP contribution in [0.1, 0.15) is 40.5 Å². The van der Waals surface area contributed by atoms with Crippen LogP contribution in [0.3, 0.4) is 0 Å². The molecule has 0 unspecified atom stereocenters. The molecule has 1 aromatic rings. The van der Waals surface area contributed by atoms with Gasteiger partial charge in [0.05, 0.1) is 16.0 Å². The van der Waals surface area contributed by atoms with Gasteiger partial charge in [-0.05, 0) is 31.9 Å². The van der Waals surface area contributed by atoms with Gasteiger partial charge in [0.1, 0.15) is 4.21 Å². The fourth-order valence-electron chi connectivity index (χ4n) is 2.24. The van der Waals surface area contributed by atoms with Crippen molar-refractivity contribution in [2.75, 3.05) is 0 Å². The summed E-state index contributed by atoms with van der Waals surface area (Å²) >= 11 is 6.79. The minimum absolute atomic E-state index is 0.0696. The zero-order chi connectivity index (χ0) is 15.6. The zero-order valence-electron chi connectivity index (χ0n) is 12.2. The summed E-state index contributed by atoms with van der Waals surface area (Å²) in [5, 5.41) is 10.3. The van der Waals surface area contributed by atoms with Crippen LogP contribution in [0.15, 0.2) is 16.3 Å². The largest absolute Gasteiger partial charge is 0.389 e. The molecule has 0 aliphatic heterocycles. The minimum Gasteiger partial charge on any atom is -0.389 e. The second-order valence-electron chi connectivity index (χ2n) is 5.39. The van der Waals surface area contributed by atoms with Crippen molar-refractivity contribution in [2.45, 2.75) is 56.4 Å². The number of nitrogens with one attached hydrogen (secondary N) is 1. The first-order chi connectivity index (χ1) is 9.11. The number of sulfonamides is 1. The molecule has 116 valence electrons. The SMILES string of the molecule is CCC(CC)[C@H](NS(=O)(=O)c1ccc(Cl)s1)C(C)(C)O. The number of hydrogen-bond donors (Lipinski definition) is 2. The van der Waals surface area contributed by atoms with Crippen LogP contribution in [0.5, 0.6) is 0 Å². The molecule has 0 aliphatic rings. The van der Waals surface area contributed by atoms with Gasteiger partial charge in [0.25, 0.3) is 0 Å². The van der Waals surface area contributed by atoms with Crippen LogP contribution in [0.25, 0.3) is 0 Å². The van der Waals surface area contributed by atoms with E-state index in [0.717, 1.165) is 24.2 Å². The highest BCUT2D eigenvalue weighted by Gasteiger charge is 2.36. The molecule has 1 rings (SSSR count). The molecule has 0 fully saturated rings. The van der Waals surface area contributed by atoms with E-state index >= 15 is 0 Å². The van der Waals surface area contributed by atoms with Crippen molar-refractivity contribution in [2.24, 2.45) is 5.92 Å². The lowest BCUT2D eigenvalue weighted by Crippen LogP contribution is -2.53. The predicted octanol–water partition coefficient (Wildman–Crippen LogP) is 3.26. The summed E-state index contributed by atoms with van der Waals surface area (Å²) in [6, 6.07) is 2.49. The molecule has 1 atom stereocenters. The molecule has 0 saturated carbocycles. The van der Waals surface area contributed by atoms with E-state index in [2.05, 4.69) is 4.72 Å². The lowest BCUT2D eigenvalue weighted by molar-refractivity contribution is 0.0216. The first-order valence-corrected chi connectivity index (χ1v) is 9.29. The molecule has 2 N–H and O–H groups in total. The topological polar surface area (TPSA) is 66.4 Å². The van der Waals surface area contributed by atoms with Crippen molar-refractivity contribution in [3.63, 3.8) is 0 Å². The normalized spacial score (nSPS) is 14.8. The van der Waals surface area contributed by atoms with E-state index in [1.807, 2.05) is 13.8 Å². The molecule has 7 heteroatoms. The van der Waals surface area contributed by atoms with Crippen LogP contribution in [-0.4, -0.2) is 25.2 Å². The van der Waals surface area contributed by atoms with Gasteiger partial charge in [-0.3, -0.25) is 0 Å². The van der Waals surface area contributed by atoms with Gasteiger partial charge in [0, 0.05) is 0 Å². The smallest absolute Gasteiger partial charge is 0.250 e. The summed E-state index contributed by atoms with van der Waals surface area (Å²) in [4.78, 5) is 0. The Bertz CT molecular complexity index is 530. The summed E-state index contributed by atoms with van der Waals surface area (Å²) in [6.45, 7) is 7.23. The molecule has 20 heavy (non-hydrogen) atoms. The Labute approximate surface area is 130 Å². The maximum Gasteiger partial charge on any atom is 0.250 e. The Morgan fingerprint density at radius 1 is 1.35 bits per heavy atom. The Morgan fingerprint density at radius 2 is 1.90 bits per heavy atom. The molecule has 1 aromatic heterocycles. The van der Waals surface area contributed by atoms with Crippen LogP contribution in [0.4, 0.5) is 0 Å². The van der Waals surface area contributed by atoms with Gasteiger partial charge in [-0.1, -0.05) is 38.3 Å². The second kappa shape index (κ2) is 6.75. The van der Waals surface area contributed by atoms with Crippen LogP contribution in [0, 0.1) is 5.92 Å². The molecule has 1 heterocycles. The second-order valence-corrected chi connectivity index (χ2v) is 9.04. The maximum atomic E-state index is 12.4. The molecule has 0 spiro atoms. The average molecular weight is 340 g/mol. The maximum absolute atomic E-state index is 12.4. The Morgan fingerprint density at radius 3 is 2.25 bits per heavy atom. The van der Waals surface area contributed by atoms with Crippen molar-refractivity contribution in [1.82, 2.24) is 4.72 Å². The van der Waals surface area contributed by atoms with E-state index in [9.17, 15) is 13.5 Å². The molecular weight excluding hydrogens is 318 g/mol. The summed E-state index contributed by atoms with van der Waals surface area (Å²) < 4.78 is 28.0. The van der Waals surface area contributed by atoms with Crippen molar-refractivity contribution in [3.8, 4) is 0 Å². The molecule has 4 nitrogen and oxygen atoms in total. The van der Waals surface area contributed by atoms with Gasteiger partial charge in [-0.2, -0.15) is 0 Å². The Kier molecular flexibility index (Phi) is 6.04. The van der Waals surface area contributed by atoms with Crippen LogP contribution in [0.2, 0.25) is 4.34 Å². The van der Waals surface area contributed by atoms with Gasteiger partial charge in [-0.15, -0.1) is 11.3 Å². The standard InChI is InChI=1S/C13H22ClNO3S2/c1-5-9(6-2)12(13(3,4)16)15-20(17,18)11-8-7-10(14)19-11/h7-9,12,15-16H,5-6H2,1-4H3/t12-/m0/s1. The zero-order valence-corrected chi connectivity index (χ0v) is 14.6. The van der Waals surface area contributed by atoms with E-state index in [4.69, 9.17) is 11.6 Å². The van der Waals surface area contributed by atoms with Crippen LogP contribution < -0.4 is 4.72 Å². The fraction of sp³-hybridized carbons (Fsp3) is 0.692. The summed E-state index contributed by atoms with van der Waals surface area (Å²) in [6.07, 6.45) is 1.58. The minimum atomic E-state index is -3.66. The number of thiophene rings is 1. The first-order valence-electron chi connectivity index (χ1n) is 6.61. The number of hydrogen-bond acceptors (Lipinski definition) is 4. The van der Waals surface area contributed by atoms with E-state index in [-0.39, 0.29) is 10.1 Å². The highest BCUT2D eigenvalue weighted by Crippen LogP contribution is 2.29. The fourth-order valence-corrected chi connectivity index (χ4v) is 5.19. The quantitative estimate of drug-likeness (QED) is 0.801. The summed E-state index contributed by atoms with van der Waals surface area (Å²) in [5.74, 6) is 0.0696. The highest BCUT2D eigenvalue weighted by molar-refractivity contribution is 7.91.